The van der Waals surface area contributed by atoms with Crippen LogP contribution >= 0.6 is 0 Å². The van der Waals surface area contributed by atoms with Gasteiger partial charge in [-0.3, -0.25) is 0 Å². The maximum absolute atomic E-state index is 8.70. The molecule has 1 aliphatic heterocycles. The largest absolute Gasteiger partial charge is 0.396 e. The van der Waals surface area contributed by atoms with Crippen LogP contribution < -0.4 is 5.73 Å². The number of hydrogen-bond donors (Lipinski definition) is 2. The van der Waals surface area contributed by atoms with Crippen molar-refractivity contribution in [3.63, 3.8) is 0 Å². The van der Waals surface area contributed by atoms with Crippen molar-refractivity contribution in [3.05, 3.63) is 0 Å². The van der Waals surface area contributed by atoms with Crippen LogP contribution in [-0.4, -0.2) is 55.5 Å². The van der Waals surface area contributed by atoms with Crippen LogP contribution in [0.15, 0.2) is 0 Å². The highest BCUT2D eigenvalue weighted by Gasteiger charge is 2.18. The molecular weight excluding hydrogens is 180 g/mol. The van der Waals surface area contributed by atoms with Crippen molar-refractivity contribution in [2.45, 2.75) is 25.4 Å². The second-order valence-corrected chi connectivity index (χ2v) is 3.78. The Hall–Kier alpha value is -0.160. The second-order valence-electron chi connectivity index (χ2n) is 3.78. The van der Waals surface area contributed by atoms with E-state index in [1.807, 2.05) is 0 Å². The third kappa shape index (κ3) is 4.37. The Morgan fingerprint density at radius 3 is 2.64 bits per heavy atom. The number of likely N-dealkylation sites (tertiary alicyclic amines) is 1. The lowest BCUT2D eigenvalue weighted by atomic mass is 10.1. The lowest BCUT2D eigenvalue weighted by molar-refractivity contribution is 0.0106. The smallest absolute Gasteiger partial charge is 0.0600 e. The van der Waals surface area contributed by atoms with Gasteiger partial charge < -0.3 is 20.5 Å². The van der Waals surface area contributed by atoms with E-state index in [1.165, 1.54) is 0 Å². The highest BCUT2D eigenvalue weighted by atomic mass is 16.5. The summed E-state index contributed by atoms with van der Waals surface area (Å²) in [5.74, 6) is 0. The molecule has 4 nitrogen and oxygen atoms in total. The van der Waals surface area contributed by atoms with Crippen LogP contribution in [0.25, 0.3) is 0 Å². The molecule has 1 aliphatic rings. The van der Waals surface area contributed by atoms with Gasteiger partial charge in [-0.05, 0) is 19.3 Å². The molecule has 84 valence electrons. The normalized spacial score (nSPS) is 20.1. The molecule has 0 spiro atoms. The van der Waals surface area contributed by atoms with Crippen LogP contribution in [0.2, 0.25) is 0 Å². The Morgan fingerprint density at radius 1 is 1.36 bits per heavy atom. The maximum atomic E-state index is 8.70. The quantitative estimate of drug-likeness (QED) is 0.627. The van der Waals surface area contributed by atoms with Gasteiger partial charge in [0.25, 0.3) is 0 Å². The van der Waals surface area contributed by atoms with Crippen molar-refractivity contribution < 1.29 is 9.84 Å². The number of piperidine rings is 1. The molecule has 1 fully saturated rings. The van der Waals surface area contributed by atoms with Gasteiger partial charge in [0, 0.05) is 32.8 Å². The standard InChI is InChI=1S/C10H22N2O2/c11-4-9-14-10-2-6-12(7-3-10)5-1-8-13/h10,13H,1-9,11H2. The summed E-state index contributed by atoms with van der Waals surface area (Å²) in [5, 5.41) is 8.70. The minimum atomic E-state index is 0.295. The fourth-order valence-corrected chi connectivity index (χ4v) is 1.83. The molecule has 4 heteroatoms. The first kappa shape index (κ1) is 11.9. The molecule has 0 saturated carbocycles. The van der Waals surface area contributed by atoms with Crippen LogP contribution in [0.4, 0.5) is 0 Å². The second kappa shape index (κ2) is 7.17. The fourth-order valence-electron chi connectivity index (χ4n) is 1.83. The van der Waals surface area contributed by atoms with Crippen molar-refractivity contribution in [1.29, 1.82) is 0 Å². The average molecular weight is 202 g/mol. The van der Waals surface area contributed by atoms with Crippen molar-refractivity contribution in [2.24, 2.45) is 5.73 Å². The Bertz CT molecular complexity index is 120. The van der Waals surface area contributed by atoms with E-state index in [0.717, 1.165) is 38.9 Å². The van der Waals surface area contributed by atoms with E-state index in [2.05, 4.69) is 4.90 Å². The first-order valence-corrected chi connectivity index (χ1v) is 5.51. The SMILES string of the molecule is NCCOC1CCN(CCCO)CC1. The van der Waals surface area contributed by atoms with Crippen molar-refractivity contribution in [2.75, 3.05) is 39.4 Å². The molecule has 0 atom stereocenters. The van der Waals surface area contributed by atoms with E-state index >= 15 is 0 Å². The number of ether oxygens (including phenoxy) is 1. The zero-order valence-corrected chi connectivity index (χ0v) is 8.82. The molecular formula is C10H22N2O2. The van der Waals surface area contributed by atoms with Gasteiger partial charge in [0.1, 0.15) is 0 Å². The van der Waals surface area contributed by atoms with Gasteiger partial charge in [-0.2, -0.15) is 0 Å². The summed E-state index contributed by atoms with van der Waals surface area (Å²) in [4.78, 5) is 2.39. The summed E-state index contributed by atoms with van der Waals surface area (Å²) < 4.78 is 5.58. The summed E-state index contributed by atoms with van der Waals surface area (Å²) in [6, 6.07) is 0. The zero-order valence-electron chi connectivity index (χ0n) is 8.82. The predicted octanol–water partition coefficient (Wildman–Crippen LogP) is -0.192. The van der Waals surface area contributed by atoms with E-state index in [4.69, 9.17) is 15.6 Å². The molecule has 0 unspecified atom stereocenters. The van der Waals surface area contributed by atoms with Gasteiger partial charge in [0.2, 0.25) is 0 Å². The summed E-state index contributed by atoms with van der Waals surface area (Å²) in [7, 11) is 0. The minimum absolute atomic E-state index is 0.295. The molecule has 0 aromatic carbocycles. The van der Waals surface area contributed by atoms with Crippen LogP contribution in [-0.2, 0) is 4.74 Å². The Morgan fingerprint density at radius 2 is 2.07 bits per heavy atom. The monoisotopic (exact) mass is 202 g/mol. The lowest BCUT2D eigenvalue weighted by Gasteiger charge is -2.31. The van der Waals surface area contributed by atoms with Crippen LogP contribution in [0.1, 0.15) is 19.3 Å². The first-order valence-electron chi connectivity index (χ1n) is 5.51. The predicted molar refractivity (Wildman–Crippen MR) is 56.2 cm³/mol. The van der Waals surface area contributed by atoms with Gasteiger partial charge >= 0.3 is 0 Å². The van der Waals surface area contributed by atoms with Gasteiger partial charge in [-0.25, -0.2) is 0 Å². The summed E-state index contributed by atoms with van der Waals surface area (Å²) in [6.07, 6.45) is 3.49. The van der Waals surface area contributed by atoms with Gasteiger partial charge in [0.15, 0.2) is 0 Å². The fraction of sp³-hybridized carbons (Fsp3) is 1.00. The Kier molecular flexibility index (Phi) is 6.10. The Labute approximate surface area is 86.0 Å². The molecule has 1 saturated heterocycles. The highest BCUT2D eigenvalue weighted by Crippen LogP contribution is 2.13. The molecule has 14 heavy (non-hydrogen) atoms. The number of aliphatic hydroxyl groups excluding tert-OH is 1. The molecule has 0 radical (unpaired) electrons. The number of nitrogens with zero attached hydrogens (tertiary/aromatic N) is 1. The lowest BCUT2D eigenvalue weighted by Crippen LogP contribution is -2.38. The van der Waals surface area contributed by atoms with Crippen molar-refractivity contribution in [3.8, 4) is 0 Å². The van der Waals surface area contributed by atoms with Crippen molar-refractivity contribution in [1.82, 2.24) is 4.90 Å². The maximum Gasteiger partial charge on any atom is 0.0600 e. The highest BCUT2D eigenvalue weighted by molar-refractivity contribution is 4.72. The topological polar surface area (TPSA) is 58.7 Å². The van der Waals surface area contributed by atoms with Crippen LogP contribution in [0.5, 0.6) is 0 Å². The summed E-state index contributed by atoms with van der Waals surface area (Å²) >= 11 is 0. The number of nitrogens with two attached hydrogens (primary N) is 1. The van der Waals surface area contributed by atoms with Gasteiger partial charge in [-0.1, -0.05) is 0 Å². The molecule has 0 amide bonds. The Balaban J connectivity index is 2.05. The molecule has 0 aromatic heterocycles. The van der Waals surface area contributed by atoms with E-state index < -0.39 is 0 Å². The number of rotatable bonds is 6. The first-order chi connectivity index (χ1) is 6.86. The molecule has 1 rings (SSSR count). The van der Waals surface area contributed by atoms with E-state index in [0.29, 0.717) is 25.9 Å². The third-order valence-electron chi connectivity index (χ3n) is 2.64. The summed E-state index contributed by atoms with van der Waals surface area (Å²) in [6.45, 7) is 4.79. The zero-order chi connectivity index (χ0) is 10.2. The van der Waals surface area contributed by atoms with E-state index in [9.17, 15) is 0 Å². The number of hydrogen-bond acceptors (Lipinski definition) is 4. The average Bonchev–Trinajstić information content (AvgIpc) is 2.25. The minimum Gasteiger partial charge on any atom is -0.396 e. The molecule has 0 bridgehead atoms. The van der Waals surface area contributed by atoms with Crippen LogP contribution in [0, 0.1) is 0 Å². The van der Waals surface area contributed by atoms with E-state index in [-0.39, 0.29) is 0 Å². The molecule has 0 aliphatic carbocycles. The van der Waals surface area contributed by atoms with Crippen molar-refractivity contribution >= 4 is 0 Å². The molecule has 1 heterocycles. The number of aliphatic hydroxyl groups is 1. The van der Waals surface area contributed by atoms with Gasteiger partial charge in [0.05, 0.1) is 12.7 Å². The van der Waals surface area contributed by atoms with Crippen LogP contribution in [0.3, 0.4) is 0 Å². The van der Waals surface area contributed by atoms with E-state index in [1.54, 1.807) is 0 Å². The summed E-state index contributed by atoms with van der Waals surface area (Å²) in [5.41, 5.74) is 5.38. The molecule has 3 N–H and O–H groups in total. The third-order valence-corrected chi connectivity index (χ3v) is 2.64. The van der Waals surface area contributed by atoms with Gasteiger partial charge in [-0.15, -0.1) is 0 Å². The molecule has 0 aromatic rings.